The van der Waals surface area contributed by atoms with Crippen LogP contribution < -0.4 is 5.32 Å². The summed E-state index contributed by atoms with van der Waals surface area (Å²) in [4.78, 5) is 0. The molecule has 0 fully saturated rings. The monoisotopic (exact) mass is 329 g/mol. The van der Waals surface area contributed by atoms with Crippen LogP contribution in [0.2, 0.25) is 0 Å². The van der Waals surface area contributed by atoms with Gasteiger partial charge in [-0.15, -0.1) is 0 Å². The second-order valence-corrected chi connectivity index (χ2v) is 5.75. The molecule has 1 N–H and O–H groups in total. The van der Waals surface area contributed by atoms with Gasteiger partial charge in [0.1, 0.15) is 5.76 Å². The molecule has 3 aromatic rings. The average molecular weight is 330 g/mol. The molecule has 0 saturated heterocycles. The van der Waals surface area contributed by atoms with Crippen molar-refractivity contribution in [3.8, 4) is 0 Å². The van der Waals surface area contributed by atoms with E-state index >= 15 is 0 Å². The van der Waals surface area contributed by atoms with Crippen molar-refractivity contribution >= 4 is 26.7 Å². The van der Waals surface area contributed by atoms with E-state index in [0.717, 1.165) is 15.8 Å². The predicted octanol–water partition coefficient (Wildman–Crippen LogP) is 4.81. The standard InChI is InChI=1S/C17H16BrNO/c1-11-9-12(10-20-11)17(19-2)15-7-8-16(18)14-6-4-3-5-13(14)15/h3-10,17,19H,1-2H3. The van der Waals surface area contributed by atoms with Gasteiger partial charge >= 0.3 is 0 Å². The summed E-state index contributed by atoms with van der Waals surface area (Å²) >= 11 is 3.62. The Morgan fingerprint density at radius 2 is 1.85 bits per heavy atom. The zero-order valence-corrected chi connectivity index (χ0v) is 13.1. The van der Waals surface area contributed by atoms with E-state index in [4.69, 9.17) is 4.42 Å². The highest BCUT2D eigenvalue weighted by Gasteiger charge is 2.17. The van der Waals surface area contributed by atoms with Gasteiger partial charge in [-0.3, -0.25) is 0 Å². The first-order valence-electron chi connectivity index (χ1n) is 6.60. The maximum atomic E-state index is 5.46. The summed E-state index contributed by atoms with van der Waals surface area (Å²) in [6.07, 6.45) is 1.83. The largest absolute Gasteiger partial charge is 0.469 e. The summed E-state index contributed by atoms with van der Waals surface area (Å²) in [7, 11) is 1.98. The van der Waals surface area contributed by atoms with Gasteiger partial charge in [-0.1, -0.05) is 46.3 Å². The zero-order valence-electron chi connectivity index (χ0n) is 11.5. The molecular weight excluding hydrogens is 314 g/mol. The fraction of sp³-hybridized carbons (Fsp3) is 0.176. The Labute approximate surface area is 126 Å². The third-order valence-electron chi connectivity index (χ3n) is 3.59. The van der Waals surface area contributed by atoms with Crippen molar-refractivity contribution in [3.05, 3.63) is 70.1 Å². The van der Waals surface area contributed by atoms with E-state index in [1.165, 1.54) is 16.3 Å². The van der Waals surface area contributed by atoms with Crippen LogP contribution in [0, 0.1) is 6.92 Å². The SMILES string of the molecule is CNC(c1coc(C)c1)c1ccc(Br)c2ccccc12. The van der Waals surface area contributed by atoms with Gasteiger partial charge in [0.05, 0.1) is 12.3 Å². The fourth-order valence-corrected chi connectivity index (χ4v) is 3.13. The van der Waals surface area contributed by atoms with E-state index in [2.05, 4.69) is 63.7 Å². The van der Waals surface area contributed by atoms with Crippen molar-refractivity contribution in [3.63, 3.8) is 0 Å². The first kappa shape index (κ1) is 13.4. The van der Waals surface area contributed by atoms with Crippen LogP contribution in [0.15, 0.2) is 57.6 Å². The van der Waals surface area contributed by atoms with Crippen LogP contribution in [0.1, 0.15) is 22.9 Å². The predicted molar refractivity (Wildman–Crippen MR) is 86.0 cm³/mol. The van der Waals surface area contributed by atoms with Crippen LogP contribution in [0.5, 0.6) is 0 Å². The highest BCUT2D eigenvalue weighted by Crippen LogP contribution is 2.33. The normalized spacial score (nSPS) is 12.8. The van der Waals surface area contributed by atoms with Crippen molar-refractivity contribution in [2.45, 2.75) is 13.0 Å². The van der Waals surface area contributed by atoms with Gasteiger partial charge in [0.15, 0.2) is 0 Å². The van der Waals surface area contributed by atoms with Gasteiger partial charge in [0, 0.05) is 10.0 Å². The Bertz CT molecular complexity index is 748. The van der Waals surface area contributed by atoms with Crippen LogP contribution in [0.25, 0.3) is 10.8 Å². The molecule has 1 unspecified atom stereocenters. The lowest BCUT2D eigenvalue weighted by molar-refractivity contribution is 0.528. The van der Waals surface area contributed by atoms with Crippen LogP contribution in [0.3, 0.4) is 0 Å². The number of hydrogen-bond acceptors (Lipinski definition) is 2. The molecule has 0 spiro atoms. The van der Waals surface area contributed by atoms with Gasteiger partial charge in [0.2, 0.25) is 0 Å². The smallest absolute Gasteiger partial charge is 0.101 e. The Morgan fingerprint density at radius 1 is 1.10 bits per heavy atom. The van der Waals surface area contributed by atoms with Gasteiger partial charge < -0.3 is 9.73 Å². The Morgan fingerprint density at radius 3 is 2.50 bits per heavy atom. The molecule has 102 valence electrons. The van der Waals surface area contributed by atoms with Crippen LogP contribution in [0.4, 0.5) is 0 Å². The number of fused-ring (bicyclic) bond motifs is 1. The van der Waals surface area contributed by atoms with Crippen molar-refractivity contribution in [1.29, 1.82) is 0 Å². The Kier molecular flexibility index (Phi) is 3.64. The van der Waals surface area contributed by atoms with E-state index in [-0.39, 0.29) is 6.04 Å². The van der Waals surface area contributed by atoms with E-state index in [1.807, 2.05) is 20.2 Å². The minimum atomic E-state index is 0.130. The summed E-state index contributed by atoms with van der Waals surface area (Å²) in [5, 5.41) is 5.86. The van der Waals surface area contributed by atoms with E-state index in [0.29, 0.717) is 0 Å². The Hall–Kier alpha value is -1.58. The highest BCUT2D eigenvalue weighted by atomic mass is 79.9. The number of benzene rings is 2. The topological polar surface area (TPSA) is 25.2 Å². The van der Waals surface area contributed by atoms with E-state index in [9.17, 15) is 0 Å². The van der Waals surface area contributed by atoms with Crippen LogP contribution in [-0.2, 0) is 0 Å². The number of halogens is 1. The maximum absolute atomic E-state index is 5.46. The highest BCUT2D eigenvalue weighted by molar-refractivity contribution is 9.10. The second kappa shape index (κ2) is 5.43. The number of furan rings is 1. The molecule has 1 aromatic heterocycles. The van der Waals surface area contributed by atoms with Crippen molar-refractivity contribution in [1.82, 2.24) is 5.32 Å². The molecule has 0 aliphatic rings. The first-order chi connectivity index (χ1) is 9.70. The van der Waals surface area contributed by atoms with Crippen LogP contribution >= 0.6 is 15.9 Å². The fourth-order valence-electron chi connectivity index (χ4n) is 2.65. The molecule has 0 radical (unpaired) electrons. The summed E-state index contributed by atoms with van der Waals surface area (Å²) < 4.78 is 6.58. The lowest BCUT2D eigenvalue weighted by Crippen LogP contribution is -2.17. The molecule has 2 aromatic carbocycles. The molecule has 1 atom stereocenters. The maximum Gasteiger partial charge on any atom is 0.101 e. The van der Waals surface area contributed by atoms with E-state index < -0.39 is 0 Å². The zero-order chi connectivity index (χ0) is 14.1. The molecular formula is C17H16BrNO. The third kappa shape index (κ3) is 2.28. The van der Waals surface area contributed by atoms with Crippen molar-refractivity contribution in [2.24, 2.45) is 0 Å². The average Bonchev–Trinajstić information content (AvgIpc) is 2.89. The molecule has 0 amide bonds. The lowest BCUT2D eigenvalue weighted by Gasteiger charge is -2.18. The second-order valence-electron chi connectivity index (χ2n) is 4.89. The summed E-state index contributed by atoms with van der Waals surface area (Å²) in [6, 6.07) is 14.9. The summed E-state index contributed by atoms with van der Waals surface area (Å²) in [6.45, 7) is 1.97. The first-order valence-corrected chi connectivity index (χ1v) is 7.39. The van der Waals surface area contributed by atoms with Gasteiger partial charge in [0.25, 0.3) is 0 Å². The molecule has 0 aliphatic carbocycles. The molecule has 0 aliphatic heterocycles. The molecule has 3 heteroatoms. The number of rotatable bonds is 3. The number of nitrogens with one attached hydrogen (secondary N) is 1. The number of aryl methyl sites for hydroxylation is 1. The minimum absolute atomic E-state index is 0.130. The Balaban J connectivity index is 2.20. The minimum Gasteiger partial charge on any atom is -0.469 e. The number of hydrogen-bond donors (Lipinski definition) is 1. The molecule has 0 saturated carbocycles. The van der Waals surface area contributed by atoms with Crippen molar-refractivity contribution < 1.29 is 4.42 Å². The summed E-state index contributed by atoms with van der Waals surface area (Å²) in [5.41, 5.74) is 2.41. The lowest BCUT2D eigenvalue weighted by atomic mass is 9.95. The quantitative estimate of drug-likeness (QED) is 0.745. The molecule has 0 bridgehead atoms. The molecule has 3 rings (SSSR count). The third-order valence-corrected chi connectivity index (χ3v) is 4.28. The van der Waals surface area contributed by atoms with Crippen LogP contribution in [-0.4, -0.2) is 7.05 Å². The molecule has 2 nitrogen and oxygen atoms in total. The molecule has 1 heterocycles. The van der Waals surface area contributed by atoms with Gasteiger partial charge in [-0.2, -0.15) is 0 Å². The van der Waals surface area contributed by atoms with Crippen molar-refractivity contribution in [2.75, 3.05) is 7.05 Å². The van der Waals surface area contributed by atoms with E-state index in [1.54, 1.807) is 0 Å². The van der Waals surface area contributed by atoms with Gasteiger partial charge in [-0.05, 0) is 42.4 Å². The van der Waals surface area contributed by atoms with Gasteiger partial charge in [-0.25, -0.2) is 0 Å². The summed E-state index contributed by atoms with van der Waals surface area (Å²) in [5.74, 6) is 0.932. The molecule has 20 heavy (non-hydrogen) atoms.